The Morgan fingerprint density at radius 1 is 1.29 bits per heavy atom. The lowest BCUT2D eigenvalue weighted by atomic mass is 10.0. The molecule has 2 heteroatoms. The third kappa shape index (κ3) is 1.74. The molecule has 0 N–H and O–H groups in total. The van der Waals surface area contributed by atoms with Gasteiger partial charge in [0.1, 0.15) is 0 Å². The second kappa shape index (κ2) is 3.74. The highest BCUT2D eigenvalue weighted by Gasteiger charge is 2.08. The van der Waals surface area contributed by atoms with Crippen molar-refractivity contribution in [3.8, 4) is 0 Å². The maximum absolute atomic E-state index is 11.0. The quantitative estimate of drug-likeness (QED) is 0.654. The van der Waals surface area contributed by atoms with E-state index < -0.39 is 0 Å². The van der Waals surface area contributed by atoms with E-state index in [1.54, 1.807) is 6.92 Å². The maximum atomic E-state index is 11.0. The molecule has 0 spiro atoms. The van der Waals surface area contributed by atoms with Crippen molar-refractivity contribution in [2.75, 3.05) is 6.54 Å². The molecule has 1 aliphatic rings. The van der Waals surface area contributed by atoms with Gasteiger partial charge in [-0.3, -0.25) is 9.79 Å². The normalized spacial score (nSPS) is 15.4. The van der Waals surface area contributed by atoms with E-state index >= 15 is 0 Å². The Labute approximate surface area is 83.7 Å². The van der Waals surface area contributed by atoms with Crippen molar-refractivity contribution in [2.45, 2.75) is 19.8 Å². The first kappa shape index (κ1) is 9.13. The van der Waals surface area contributed by atoms with Gasteiger partial charge in [0, 0.05) is 17.8 Å². The highest BCUT2D eigenvalue weighted by molar-refractivity contribution is 6.02. The van der Waals surface area contributed by atoms with Crippen molar-refractivity contribution in [3.63, 3.8) is 0 Å². The number of rotatable bonds is 2. The number of hydrogen-bond donors (Lipinski definition) is 0. The largest absolute Gasteiger partial charge is 0.295 e. The van der Waals surface area contributed by atoms with Crippen LogP contribution in [0.25, 0.3) is 0 Å². The third-order valence-electron chi connectivity index (χ3n) is 2.50. The van der Waals surface area contributed by atoms with E-state index in [1.165, 1.54) is 5.71 Å². The van der Waals surface area contributed by atoms with Crippen molar-refractivity contribution in [2.24, 2.45) is 4.99 Å². The first-order valence-corrected chi connectivity index (χ1v) is 4.92. The molecule has 72 valence electrons. The number of benzene rings is 1. The molecule has 0 amide bonds. The van der Waals surface area contributed by atoms with Crippen LogP contribution in [0.5, 0.6) is 0 Å². The van der Waals surface area contributed by atoms with Gasteiger partial charge < -0.3 is 0 Å². The predicted molar refractivity (Wildman–Crippen MR) is 57.1 cm³/mol. The Morgan fingerprint density at radius 2 is 2.00 bits per heavy atom. The number of hydrogen-bond acceptors (Lipinski definition) is 2. The molecule has 2 nitrogen and oxygen atoms in total. The summed E-state index contributed by atoms with van der Waals surface area (Å²) >= 11 is 0. The maximum Gasteiger partial charge on any atom is 0.159 e. The summed E-state index contributed by atoms with van der Waals surface area (Å²) < 4.78 is 0. The summed E-state index contributed by atoms with van der Waals surface area (Å²) in [7, 11) is 0. The number of nitrogens with zero attached hydrogens (tertiary/aromatic N) is 1. The fraction of sp³-hybridized carbons (Fsp3) is 0.333. The molecule has 0 fully saturated rings. The van der Waals surface area contributed by atoms with Crippen LogP contribution in [0.4, 0.5) is 0 Å². The highest BCUT2D eigenvalue weighted by atomic mass is 16.1. The van der Waals surface area contributed by atoms with E-state index in [1.807, 2.05) is 24.3 Å². The molecular formula is C12H13NO. The summed E-state index contributed by atoms with van der Waals surface area (Å²) in [6.45, 7) is 2.53. The molecule has 0 aromatic heterocycles. The Kier molecular flexibility index (Phi) is 2.44. The zero-order valence-electron chi connectivity index (χ0n) is 8.29. The van der Waals surface area contributed by atoms with Crippen LogP contribution in [0.3, 0.4) is 0 Å². The molecule has 0 saturated carbocycles. The minimum Gasteiger partial charge on any atom is -0.295 e. The third-order valence-corrected chi connectivity index (χ3v) is 2.50. The topological polar surface area (TPSA) is 29.4 Å². The Bertz CT molecular complexity index is 376. The predicted octanol–water partition coefficient (Wildman–Crippen LogP) is 2.47. The summed E-state index contributed by atoms with van der Waals surface area (Å²) in [6.07, 6.45) is 2.23. The van der Waals surface area contributed by atoms with Crippen LogP contribution < -0.4 is 0 Å². The first-order chi connectivity index (χ1) is 6.77. The number of ketones is 1. The first-order valence-electron chi connectivity index (χ1n) is 4.92. The molecule has 0 atom stereocenters. The van der Waals surface area contributed by atoms with Gasteiger partial charge in [-0.05, 0) is 25.3 Å². The minimum absolute atomic E-state index is 0.116. The van der Waals surface area contributed by atoms with Gasteiger partial charge in [0.05, 0.1) is 0 Å². The molecule has 0 unspecified atom stereocenters. The van der Waals surface area contributed by atoms with Crippen LogP contribution in [0, 0.1) is 0 Å². The van der Waals surface area contributed by atoms with Gasteiger partial charge in [-0.25, -0.2) is 0 Å². The highest BCUT2D eigenvalue weighted by Crippen LogP contribution is 2.13. The fourth-order valence-corrected chi connectivity index (χ4v) is 1.67. The lowest BCUT2D eigenvalue weighted by Gasteiger charge is -2.01. The standard InChI is InChI=1S/C12H13NO/c1-9(14)10-4-6-11(7-5-10)12-3-2-8-13-12/h4-7H,2-3,8H2,1H3. The molecule has 14 heavy (non-hydrogen) atoms. The monoisotopic (exact) mass is 187 g/mol. The van der Waals surface area contributed by atoms with E-state index in [4.69, 9.17) is 0 Å². The zero-order chi connectivity index (χ0) is 9.97. The molecule has 1 heterocycles. The second-order valence-corrected chi connectivity index (χ2v) is 3.57. The molecule has 0 aliphatic carbocycles. The number of aliphatic imine (C=N–C) groups is 1. The summed E-state index contributed by atoms with van der Waals surface area (Å²) in [4.78, 5) is 15.5. The SMILES string of the molecule is CC(=O)c1ccc(C2=NCCC2)cc1. The van der Waals surface area contributed by atoms with Crippen molar-refractivity contribution < 1.29 is 4.79 Å². The van der Waals surface area contributed by atoms with E-state index in [0.717, 1.165) is 30.5 Å². The molecule has 1 aromatic rings. The second-order valence-electron chi connectivity index (χ2n) is 3.57. The fourth-order valence-electron chi connectivity index (χ4n) is 1.67. The number of carbonyl (C=O) groups is 1. The van der Waals surface area contributed by atoms with Crippen LogP contribution in [0.1, 0.15) is 35.7 Å². The van der Waals surface area contributed by atoms with Crippen LogP contribution >= 0.6 is 0 Å². The molecule has 0 bridgehead atoms. The van der Waals surface area contributed by atoms with Crippen molar-refractivity contribution in [1.82, 2.24) is 0 Å². The summed E-state index contributed by atoms with van der Waals surface area (Å²) in [5.41, 5.74) is 3.11. The summed E-state index contributed by atoms with van der Waals surface area (Å²) in [6, 6.07) is 7.72. The molecular weight excluding hydrogens is 174 g/mol. The van der Waals surface area contributed by atoms with E-state index in [0.29, 0.717) is 0 Å². The average molecular weight is 187 g/mol. The van der Waals surface area contributed by atoms with Crippen LogP contribution in [0.2, 0.25) is 0 Å². The summed E-state index contributed by atoms with van der Waals surface area (Å²) in [5.74, 6) is 0.116. The van der Waals surface area contributed by atoms with Crippen LogP contribution in [0.15, 0.2) is 29.3 Å². The zero-order valence-corrected chi connectivity index (χ0v) is 8.29. The molecule has 1 aromatic carbocycles. The number of carbonyl (C=O) groups excluding carboxylic acids is 1. The summed E-state index contributed by atoms with van der Waals surface area (Å²) in [5, 5.41) is 0. The molecule has 2 rings (SSSR count). The van der Waals surface area contributed by atoms with Gasteiger partial charge in [0.2, 0.25) is 0 Å². The molecule has 0 radical (unpaired) electrons. The van der Waals surface area contributed by atoms with Gasteiger partial charge in [0.15, 0.2) is 5.78 Å². The van der Waals surface area contributed by atoms with Gasteiger partial charge in [0.25, 0.3) is 0 Å². The van der Waals surface area contributed by atoms with Gasteiger partial charge in [-0.2, -0.15) is 0 Å². The average Bonchev–Trinajstić information content (AvgIpc) is 2.71. The van der Waals surface area contributed by atoms with Crippen LogP contribution in [-0.4, -0.2) is 18.0 Å². The Morgan fingerprint density at radius 3 is 2.50 bits per heavy atom. The van der Waals surface area contributed by atoms with E-state index in [2.05, 4.69) is 4.99 Å². The van der Waals surface area contributed by atoms with E-state index in [-0.39, 0.29) is 5.78 Å². The van der Waals surface area contributed by atoms with Gasteiger partial charge in [-0.15, -0.1) is 0 Å². The van der Waals surface area contributed by atoms with Gasteiger partial charge >= 0.3 is 0 Å². The lowest BCUT2D eigenvalue weighted by Crippen LogP contribution is -1.97. The molecule has 0 saturated heterocycles. The number of Topliss-reactive ketones (excluding diaryl/α,β-unsaturated/α-hetero) is 1. The van der Waals surface area contributed by atoms with Crippen molar-refractivity contribution >= 4 is 11.5 Å². The van der Waals surface area contributed by atoms with Gasteiger partial charge in [-0.1, -0.05) is 24.3 Å². The Hall–Kier alpha value is -1.44. The lowest BCUT2D eigenvalue weighted by molar-refractivity contribution is 0.101. The molecule has 1 aliphatic heterocycles. The van der Waals surface area contributed by atoms with Crippen molar-refractivity contribution in [1.29, 1.82) is 0 Å². The Balaban J connectivity index is 2.25. The minimum atomic E-state index is 0.116. The smallest absolute Gasteiger partial charge is 0.159 e. The van der Waals surface area contributed by atoms with E-state index in [9.17, 15) is 4.79 Å². The van der Waals surface area contributed by atoms with Crippen LogP contribution in [-0.2, 0) is 0 Å². The van der Waals surface area contributed by atoms with Crippen molar-refractivity contribution in [3.05, 3.63) is 35.4 Å².